The van der Waals surface area contributed by atoms with Gasteiger partial charge in [-0.25, -0.2) is 0 Å². The molecular formula is C22H19Cl2N3O3. The van der Waals surface area contributed by atoms with E-state index in [0.29, 0.717) is 53.2 Å². The van der Waals surface area contributed by atoms with Crippen LogP contribution in [-0.4, -0.2) is 42.9 Å². The molecule has 1 aliphatic heterocycles. The molecular weight excluding hydrogens is 425 g/mol. The van der Waals surface area contributed by atoms with Crippen molar-refractivity contribution in [2.45, 2.75) is 0 Å². The fraction of sp³-hybridized carbons (Fsp3) is 0.182. The number of halogens is 2. The van der Waals surface area contributed by atoms with E-state index in [9.17, 15) is 9.59 Å². The van der Waals surface area contributed by atoms with Gasteiger partial charge in [0.25, 0.3) is 11.8 Å². The number of nitrogens with zero attached hydrogens (tertiary/aromatic N) is 2. The maximum Gasteiger partial charge on any atom is 0.289 e. The molecule has 1 fully saturated rings. The van der Waals surface area contributed by atoms with Gasteiger partial charge in [0, 0.05) is 42.5 Å². The monoisotopic (exact) mass is 443 g/mol. The number of benzene rings is 2. The van der Waals surface area contributed by atoms with E-state index in [1.165, 1.54) is 6.26 Å². The van der Waals surface area contributed by atoms with E-state index < -0.39 is 0 Å². The van der Waals surface area contributed by atoms with E-state index in [4.69, 9.17) is 27.6 Å². The van der Waals surface area contributed by atoms with Crippen LogP contribution < -0.4 is 10.2 Å². The molecule has 3 aromatic rings. The van der Waals surface area contributed by atoms with Gasteiger partial charge >= 0.3 is 0 Å². The van der Waals surface area contributed by atoms with E-state index in [1.54, 1.807) is 47.4 Å². The normalized spacial score (nSPS) is 13.9. The Labute approximate surface area is 184 Å². The molecule has 1 aliphatic rings. The first-order chi connectivity index (χ1) is 14.5. The van der Waals surface area contributed by atoms with Crippen molar-refractivity contribution in [1.82, 2.24) is 4.90 Å². The fourth-order valence-electron chi connectivity index (χ4n) is 3.38. The first-order valence-electron chi connectivity index (χ1n) is 9.45. The number of furan rings is 1. The average molecular weight is 444 g/mol. The Kier molecular flexibility index (Phi) is 5.97. The zero-order valence-corrected chi connectivity index (χ0v) is 17.5. The molecule has 2 heterocycles. The number of piperazine rings is 1. The lowest BCUT2D eigenvalue weighted by Gasteiger charge is -2.36. The first kappa shape index (κ1) is 20.3. The molecule has 0 radical (unpaired) electrons. The quantitative estimate of drug-likeness (QED) is 0.628. The van der Waals surface area contributed by atoms with Gasteiger partial charge in [0.2, 0.25) is 0 Å². The topological polar surface area (TPSA) is 65.8 Å². The predicted molar refractivity (Wildman–Crippen MR) is 118 cm³/mol. The maximum atomic E-state index is 12.4. The van der Waals surface area contributed by atoms with Crippen LogP contribution in [0.25, 0.3) is 0 Å². The molecule has 1 saturated heterocycles. The van der Waals surface area contributed by atoms with Crippen LogP contribution in [-0.2, 0) is 0 Å². The van der Waals surface area contributed by atoms with Crippen LogP contribution in [0, 0.1) is 0 Å². The van der Waals surface area contributed by atoms with Crippen LogP contribution in [0.5, 0.6) is 0 Å². The predicted octanol–water partition coefficient (Wildman–Crippen LogP) is 4.80. The lowest BCUT2D eigenvalue weighted by atomic mass is 10.2. The van der Waals surface area contributed by atoms with Crippen molar-refractivity contribution < 1.29 is 14.0 Å². The lowest BCUT2D eigenvalue weighted by Crippen LogP contribution is -2.48. The molecule has 0 aliphatic carbocycles. The highest BCUT2D eigenvalue weighted by atomic mass is 35.5. The summed E-state index contributed by atoms with van der Waals surface area (Å²) in [6.07, 6.45) is 1.50. The highest BCUT2D eigenvalue weighted by Crippen LogP contribution is 2.30. The van der Waals surface area contributed by atoms with Crippen molar-refractivity contribution in [2.24, 2.45) is 0 Å². The summed E-state index contributed by atoms with van der Waals surface area (Å²) in [5.74, 6) is -0.0162. The van der Waals surface area contributed by atoms with E-state index in [2.05, 4.69) is 10.2 Å². The van der Waals surface area contributed by atoms with Crippen molar-refractivity contribution in [3.05, 3.63) is 82.2 Å². The zero-order chi connectivity index (χ0) is 21.1. The molecule has 154 valence electrons. The number of amides is 2. The van der Waals surface area contributed by atoms with Gasteiger partial charge in [-0.2, -0.15) is 0 Å². The Balaban J connectivity index is 1.39. The van der Waals surface area contributed by atoms with Crippen LogP contribution in [0.4, 0.5) is 11.4 Å². The molecule has 1 aromatic heterocycles. The minimum Gasteiger partial charge on any atom is -0.459 e. The van der Waals surface area contributed by atoms with Crippen LogP contribution in [0.3, 0.4) is 0 Å². The van der Waals surface area contributed by atoms with Gasteiger partial charge in [0.15, 0.2) is 5.76 Å². The number of carbonyl (C=O) groups excluding carboxylic acids is 2. The van der Waals surface area contributed by atoms with Crippen molar-refractivity contribution >= 4 is 46.4 Å². The fourth-order valence-corrected chi connectivity index (χ4v) is 3.87. The summed E-state index contributed by atoms with van der Waals surface area (Å²) in [5.41, 5.74) is 1.93. The Morgan fingerprint density at radius 2 is 1.73 bits per heavy atom. The number of rotatable bonds is 4. The summed E-state index contributed by atoms with van der Waals surface area (Å²) in [6, 6.07) is 15.5. The standard InChI is InChI=1S/C22H19Cl2N3O3/c23-16-4-1-3-15(13-16)21(28)25-17-6-7-19(18(24)14-17)26-8-10-27(11-9-26)22(29)20-5-2-12-30-20/h1-7,12-14H,8-11H2,(H,25,28). The number of nitrogens with one attached hydrogen (secondary N) is 1. The van der Waals surface area contributed by atoms with E-state index in [1.807, 2.05) is 12.1 Å². The SMILES string of the molecule is O=C(Nc1ccc(N2CCN(C(=O)c3ccco3)CC2)c(Cl)c1)c1cccc(Cl)c1. The molecule has 8 heteroatoms. The average Bonchev–Trinajstić information content (AvgIpc) is 3.28. The van der Waals surface area contributed by atoms with Crippen LogP contribution >= 0.6 is 23.2 Å². The van der Waals surface area contributed by atoms with Gasteiger partial charge in [-0.15, -0.1) is 0 Å². The number of carbonyl (C=O) groups is 2. The second-order valence-electron chi connectivity index (χ2n) is 6.89. The minimum atomic E-state index is -0.258. The lowest BCUT2D eigenvalue weighted by molar-refractivity contribution is 0.0714. The number of hydrogen-bond donors (Lipinski definition) is 1. The summed E-state index contributed by atoms with van der Waals surface area (Å²) in [4.78, 5) is 28.7. The smallest absolute Gasteiger partial charge is 0.289 e. The molecule has 0 spiro atoms. The molecule has 2 amide bonds. The molecule has 2 aromatic carbocycles. The molecule has 30 heavy (non-hydrogen) atoms. The van der Waals surface area contributed by atoms with Gasteiger partial charge < -0.3 is 19.5 Å². The molecule has 0 saturated carbocycles. The minimum absolute atomic E-state index is 0.107. The Morgan fingerprint density at radius 3 is 2.40 bits per heavy atom. The largest absolute Gasteiger partial charge is 0.459 e. The zero-order valence-electron chi connectivity index (χ0n) is 16.0. The summed E-state index contributed by atoms with van der Waals surface area (Å²) >= 11 is 12.4. The summed E-state index contributed by atoms with van der Waals surface area (Å²) in [7, 11) is 0. The molecule has 1 N–H and O–H groups in total. The highest BCUT2D eigenvalue weighted by Gasteiger charge is 2.24. The van der Waals surface area contributed by atoms with Crippen LogP contribution in [0.15, 0.2) is 65.3 Å². The van der Waals surface area contributed by atoms with Gasteiger partial charge in [0.1, 0.15) is 0 Å². The van der Waals surface area contributed by atoms with E-state index in [-0.39, 0.29) is 11.8 Å². The number of hydrogen-bond acceptors (Lipinski definition) is 4. The van der Waals surface area contributed by atoms with E-state index >= 15 is 0 Å². The van der Waals surface area contributed by atoms with Crippen molar-refractivity contribution in [3.63, 3.8) is 0 Å². The molecule has 0 bridgehead atoms. The second kappa shape index (κ2) is 8.81. The Morgan fingerprint density at radius 1 is 0.933 bits per heavy atom. The molecule has 0 unspecified atom stereocenters. The number of anilines is 2. The summed E-state index contributed by atoms with van der Waals surface area (Å²) in [5, 5.41) is 3.86. The second-order valence-corrected chi connectivity index (χ2v) is 7.73. The third kappa shape index (κ3) is 4.45. The van der Waals surface area contributed by atoms with Crippen LogP contribution in [0.2, 0.25) is 10.0 Å². The first-order valence-corrected chi connectivity index (χ1v) is 10.2. The highest BCUT2D eigenvalue weighted by molar-refractivity contribution is 6.33. The van der Waals surface area contributed by atoms with Gasteiger partial charge in [0.05, 0.1) is 17.0 Å². The van der Waals surface area contributed by atoms with Crippen LogP contribution in [0.1, 0.15) is 20.9 Å². The van der Waals surface area contributed by atoms with Gasteiger partial charge in [-0.05, 0) is 48.5 Å². The van der Waals surface area contributed by atoms with Crippen molar-refractivity contribution in [3.8, 4) is 0 Å². The van der Waals surface area contributed by atoms with Gasteiger partial charge in [-0.1, -0.05) is 29.3 Å². The summed E-state index contributed by atoms with van der Waals surface area (Å²) < 4.78 is 5.19. The Bertz CT molecular complexity index is 1060. The summed E-state index contributed by atoms with van der Waals surface area (Å²) in [6.45, 7) is 2.45. The molecule has 0 atom stereocenters. The van der Waals surface area contributed by atoms with Crippen molar-refractivity contribution in [1.29, 1.82) is 0 Å². The Hall–Kier alpha value is -2.96. The van der Waals surface area contributed by atoms with Crippen molar-refractivity contribution in [2.75, 3.05) is 36.4 Å². The maximum absolute atomic E-state index is 12.4. The molecule has 4 rings (SSSR count). The third-order valence-electron chi connectivity index (χ3n) is 4.93. The van der Waals surface area contributed by atoms with Gasteiger partial charge in [-0.3, -0.25) is 9.59 Å². The molecule has 6 nitrogen and oxygen atoms in total. The third-order valence-corrected chi connectivity index (χ3v) is 5.47. The van der Waals surface area contributed by atoms with E-state index in [0.717, 1.165) is 5.69 Å².